The number of aromatic nitrogens is 3. The third kappa shape index (κ3) is 3.79. The van der Waals surface area contributed by atoms with Gasteiger partial charge in [-0.1, -0.05) is 38.1 Å². The predicted molar refractivity (Wildman–Crippen MR) is 101 cm³/mol. The van der Waals surface area contributed by atoms with E-state index in [1.54, 1.807) is 6.20 Å². The zero-order chi connectivity index (χ0) is 18.0. The Morgan fingerprint density at radius 2 is 1.96 bits per heavy atom. The van der Waals surface area contributed by atoms with Crippen LogP contribution in [0.25, 0.3) is 11.3 Å². The van der Waals surface area contributed by atoms with Gasteiger partial charge in [0.1, 0.15) is 4.88 Å². The molecule has 0 saturated heterocycles. The van der Waals surface area contributed by atoms with E-state index < -0.39 is 0 Å². The lowest BCUT2D eigenvalue weighted by Crippen LogP contribution is -2.22. The number of nitrogens with zero attached hydrogens (tertiary/aromatic N) is 3. The maximum atomic E-state index is 12.4. The van der Waals surface area contributed by atoms with Gasteiger partial charge in [-0.2, -0.15) is 5.10 Å². The summed E-state index contributed by atoms with van der Waals surface area (Å²) < 4.78 is 1.84. The highest BCUT2D eigenvalue weighted by molar-refractivity contribution is 7.13. The molecule has 3 rings (SSSR count). The van der Waals surface area contributed by atoms with Gasteiger partial charge in [0.05, 0.1) is 16.4 Å². The van der Waals surface area contributed by atoms with Crippen molar-refractivity contribution < 1.29 is 4.79 Å². The summed E-state index contributed by atoms with van der Waals surface area (Å²) in [6.45, 7) is 6.56. The van der Waals surface area contributed by atoms with Crippen LogP contribution >= 0.6 is 11.3 Å². The van der Waals surface area contributed by atoms with Gasteiger partial charge in [0, 0.05) is 25.7 Å². The number of thiazole rings is 1. The molecule has 0 radical (unpaired) electrons. The summed E-state index contributed by atoms with van der Waals surface area (Å²) >= 11 is 1.48. The van der Waals surface area contributed by atoms with Crippen molar-refractivity contribution in [1.82, 2.24) is 20.1 Å². The van der Waals surface area contributed by atoms with Gasteiger partial charge in [-0.3, -0.25) is 9.48 Å². The summed E-state index contributed by atoms with van der Waals surface area (Å²) in [6, 6.07) is 10.1. The Morgan fingerprint density at radius 1 is 1.24 bits per heavy atom. The molecule has 1 amide bonds. The van der Waals surface area contributed by atoms with Crippen molar-refractivity contribution in [1.29, 1.82) is 0 Å². The van der Waals surface area contributed by atoms with E-state index >= 15 is 0 Å². The summed E-state index contributed by atoms with van der Waals surface area (Å²) in [5, 5.41) is 8.18. The lowest BCUT2D eigenvalue weighted by molar-refractivity contribution is 0.0954. The number of rotatable bonds is 5. The summed E-state index contributed by atoms with van der Waals surface area (Å²) in [5.41, 5.74) is 4.04. The molecule has 25 heavy (non-hydrogen) atoms. The molecule has 5 nitrogen and oxygen atoms in total. The third-order valence-electron chi connectivity index (χ3n) is 4.04. The highest BCUT2D eigenvalue weighted by Gasteiger charge is 2.16. The number of benzene rings is 1. The molecule has 0 fully saturated rings. The van der Waals surface area contributed by atoms with Gasteiger partial charge in [-0.25, -0.2) is 4.98 Å². The molecule has 0 aliphatic carbocycles. The molecule has 0 atom stereocenters. The topological polar surface area (TPSA) is 59.8 Å². The van der Waals surface area contributed by atoms with Gasteiger partial charge in [-0.15, -0.1) is 11.3 Å². The fourth-order valence-electron chi connectivity index (χ4n) is 2.59. The van der Waals surface area contributed by atoms with Gasteiger partial charge in [0.15, 0.2) is 0 Å². The normalized spacial score (nSPS) is 11.1. The average molecular weight is 354 g/mol. The standard InChI is InChI=1S/C19H22N4OS/c1-12(2)19-22-13(3)17(25-19)18(24)20-11-14-5-7-15(8-6-14)16-9-10-21-23(16)4/h5-10,12H,11H2,1-4H3,(H,20,24). The number of nitrogens with one attached hydrogen (secondary N) is 1. The van der Waals surface area contributed by atoms with Crippen LogP contribution in [0.5, 0.6) is 0 Å². The monoisotopic (exact) mass is 354 g/mol. The van der Waals surface area contributed by atoms with Gasteiger partial charge < -0.3 is 5.32 Å². The summed E-state index contributed by atoms with van der Waals surface area (Å²) in [6.07, 6.45) is 1.78. The smallest absolute Gasteiger partial charge is 0.263 e. The van der Waals surface area contributed by atoms with Crippen molar-refractivity contribution in [2.75, 3.05) is 0 Å². The van der Waals surface area contributed by atoms with E-state index in [0.29, 0.717) is 17.3 Å². The second-order valence-electron chi connectivity index (χ2n) is 6.34. The lowest BCUT2D eigenvalue weighted by Gasteiger charge is -2.06. The van der Waals surface area contributed by atoms with Crippen LogP contribution in [0.2, 0.25) is 0 Å². The number of amides is 1. The first kappa shape index (κ1) is 17.4. The van der Waals surface area contributed by atoms with Crippen LogP contribution in [0.15, 0.2) is 36.5 Å². The van der Waals surface area contributed by atoms with Crippen LogP contribution < -0.4 is 5.32 Å². The number of aryl methyl sites for hydroxylation is 2. The number of carbonyl (C=O) groups excluding carboxylic acids is 1. The second kappa shape index (κ2) is 7.19. The Morgan fingerprint density at radius 3 is 2.52 bits per heavy atom. The minimum atomic E-state index is -0.0578. The van der Waals surface area contributed by atoms with E-state index in [1.165, 1.54) is 11.3 Å². The zero-order valence-corrected chi connectivity index (χ0v) is 15.7. The number of hydrogen-bond acceptors (Lipinski definition) is 4. The van der Waals surface area contributed by atoms with Crippen LogP contribution in [-0.4, -0.2) is 20.7 Å². The molecule has 0 aliphatic rings. The van der Waals surface area contributed by atoms with Crippen molar-refractivity contribution in [3.05, 3.63) is 57.7 Å². The Hall–Kier alpha value is -2.47. The number of hydrogen-bond donors (Lipinski definition) is 1. The third-order valence-corrected chi connectivity index (χ3v) is 5.49. The molecule has 0 unspecified atom stereocenters. The first-order chi connectivity index (χ1) is 12.0. The van der Waals surface area contributed by atoms with E-state index in [9.17, 15) is 4.79 Å². The first-order valence-electron chi connectivity index (χ1n) is 8.28. The fourth-order valence-corrected chi connectivity index (χ4v) is 3.57. The van der Waals surface area contributed by atoms with Gasteiger partial charge >= 0.3 is 0 Å². The molecule has 130 valence electrons. The van der Waals surface area contributed by atoms with Crippen molar-refractivity contribution in [2.45, 2.75) is 33.2 Å². The molecule has 0 saturated carbocycles. The Balaban J connectivity index is 1.65. The van der Waals surface area contributed by atoms with E-state index in [0.717, 1.165) is 27.5 Å². The summed E-state index contributed by atoms with van der Waals surface area (Å²) in [5.74, 6) is 0.280. The summed E-state index contributed by atoms with van der Waals surface area (Å²) in [7, 11) is 1.92. The van der Waals surface area contributed by atoms with Crippen molar-refractivity contribution in [3.8, 4) is 11.3 Å². The quantitative estimate of drug-likeness (QED) is 0.756. The largest absolute Gasteiger partial charge is 0.347 e. The second-order valence-corrected chi connectivity index (χ2v) is 7.37. The fraction of sp³-hybridized carbons (Fsp3) is 0.316. The molecule has 6 heteroatoms. The number of carbonyl (C=O) groups is 1. The molecule has 1 aromatic carbocycles. The maximum absolute atomic E-state index is 12.4. The van der Waals surface area contributed by atoms with Crippen LogP contribution in [0, 0.1) is 6.92 Å². The first-order valence-corrected chi connectivity index (χ1v) is 9.10. The molecular weight excluding hydrogens is 332 g/mol. The van der Waals surface area contributed by atoms with Crippen molar-refractivity contribution >= 4 is 17.2 Å². The molecule has 2 aromatic heterocycles. The van der Waals surface area contributed by atoms with Crippen LogP contribution in [0.3, 0.4) is 0 Å². The SMILES string of the molecule is Cc1nc(C(C)C)sc1C(=O)NCc1ccc(-c2ccnn2C)cc1. The van der Waals surface area contributed by atoms with Gasteiger partial charge in [0.25, 0.3) is 5.91 Å². The molecule has 1 N–H and O–H groups in total. The molecule has 2 heterocycles. The minimum Gasteiger partial charge on any atom is -0.347 e. The van der Waals surface area contributed by atoms with Gasteiger partial charge in [0.2, 0.25) is 0 Å². The Bertz CT molecular complexity index is 877. The average Bonchev–Trinajstić information content (AvgIpc) is 3.19. The Labute approximate surface area is 151 Å². The van der Waals surface area contributed by atoms with Crippen molar-refractivity contribution in [2.24, 2.45) is 7.05 Å². The molecule has 0 spiro atoms. The summed E-state index contributed by atoms with van der Waals surface area (Å²) in [4.78, 5) is 17.6. The van der Waals surface area contributed by atoms with E-state index in [-0.39, 0.29) is 5.91 Å². The molecule has 0 bridgehead atoms. The van der Waals surface area contributed by atoms with E-state index in [1.807, 2.05) is 49.0 Å². The lowest BCUT2D eigenvalue weighted by atomic mass is 10.1. The molecule has 3 aromatic rings. The Kier molecular flexibility index (Phi) is 4.99. The van der Waals surface area contributed by atoms with Crippen LogP contribution in [0.4, 0.5) is 0 Å². The predicted octanol–water partition coefficient (Wildman–Crippen LogP) is 3.91. The van der Waals surface area contributed by atoms with E-state index in [2.05, 4.69) is 29.2 Å². The molecule has 0 aliphatic heterocycles. The maximum Gasteiger partial charge on any atom is 0.263 e. The highest BCUT2D eigenvalue weighted by Crippen LogP contribution is 2.24. The van der Waals surface area contributed by atoms with Crippen LogP contribution in [-0.2, 0) is 13.6 Å². The molecular formula is C19H22N4OS. The highest BCUT2D eigenvalue weighted by atomic mass is 32.1. The minimum absolute atomic E-state index is 0.0578. The van der Waals surface area contributed by atoms with Crippen LogP contribution in [0.1, 0.15) is 45.7 Å². The van der Waals surface area contributed by atoms with Gasteiger partial charge in [-0.05, 0) is 24.1 Å². The van der Waals surface area contributed by atoms with E-state index in [4.69, 9.17) is 0 Å². The zero-order valence-electron chi connectivity index (χ0n) is 14.9. The van der Waals surface area contributed by atoms with Crippen molar-refractivity contribution in [3.63, 3.8) is 0 Å².